The van der Waals surface area contributed by atoms with Crippen molar-refractivity contribution in [1.82, 2.24) is 10.6 Å². The smallest absolute Gasteiger partial charge is 0.328 e. The van der Waals surface area contributed by atoms with Crippen LogP contribution in [-0.4, -0.2) is 59.3 Å². The van der Waals surface area contributed by atoms with Crippen molar-refractivity contribution in [3.63, 3.8) is 0 Å². The average Bonchev–Trinajstić information content (AvgIpc) is 3.26. The van der Waals surface area contributed by atoms with Crippen LogP contribution in [0.1, 0.15) is 213 Å². The molecule has 2 amide bonds. The highest BCUT2D eigenvalue weighted by molar-refractivity contribution is 5.87. The quantitative estimate of drug-likeness (QED) is 0.0271. The van der Waals surface area contributed by atoms with Gasteiger partial charge in [0, 0.05) is 12.8 Å². The molecule has 0 aliphatic carbocycles. The molecule has 0 aliphatic heterocycles. The van der Waals surface area contributed by atoms with E-state index in [9.17, 15) is 19.2 Å². The molecule has 2 unspecified atom stereocenters. The first-order chi connectivity index (χ1) is 30.3. The van der Waals surface area contributed by atoms with Crippen LogP contribution in [0, 0.1) is 0 Å². The van der Waals surface area contributed by atoms with Crippen LogP contribution in [0.2, 0.25) is 0 Å². The van der Waals surface area contributed by atoms with Gasteiger partial charge in [0.15, 0.2) is 0 Å². The van der Waals surface area contributed by atoms with E-state index in [1.54, 1.807) is 0 Å². The summed E-state index contributed by atoms with van der Waals surface area (Å²) < 4.78 is 6.05. The van der Waals surface area contributed by atoms with Gasteiger partial charge in [-0.05, 0) is 109 Å². The van der Waals surface area contributed by atoms with Crippen molar-refractivity contribution in [2.45, 2.75) is 225 Å². The molecule has 0 bridgehead atoms. The first kappa shape index (κ1) is 58.3. The molecule has 0 rings (SSSR count). The molecule has 9 nitrogen and oxygen atoms in total. The maximum atomic E-state index is 12.9. The van der Waals surface area contributed by atoms with Crippen LogP contribution >= 0.6 is 0 Å². The summed E-state index contributed by atoms with van der Waals surface area (Å²) >= 11 is 0. The molecule has 0 heterocycles. The number of ether oxygens (including phenoxy) is 1. The van der Waals surface area contributed by atoms with Crippen molar-refractivity contribution in [2.75, 3.05) is 13.2 Å². The zero-order valence-electron chi connectivity index (χ0n) is 39.4. The van der Waals surface area contributed by atoms with Gasteiger partial charge in [-0.15, -0.1) is 0 Å². The van der Waals surface area contributed by atoms with Crippen LogP contribution in [0.4, 0.5) is 0 Å². The third-order valence-corrected chi connectivity index (χ3v) is 10.7. The molecule has 0 aromatic carbocycles. The van der Waals surface area contributed by atoms with Gasteiger partial charge in [-0.1, -0.05) is 164 Å². The summed E-state index contributed by atoms with van der Waals surface area (Å²) in [5, 5.41) is 22.6. The molecule has 0 spiro atoms. The van der Waals surface area contributed by atoms with E-state index in [0.717, 1.165) is 122 Å². The van der Waals surface area contributed by atoms with E-state index < -0.39 is 24.5 Å². The molecule has 0 aromatic rings. The Balaban J connectivity index is 4.40. The van der Waals surface area contributed by atoms with Gasteiger partial charge >= 0.3 is 11.9 Å². The maximum absolute atomic E-state index is 12.9. The van der Waals surface area contributed by atoms with Crippen molar-refractivity contribution in [3.8, 4) is 0 Å². The van der Waals surface area contributed by atoms with E-state index in [1.807, 2.05) is 0 Å². The number of allylic oxidation sites excluding steroid dienone is 12. The summed E-state index contributed by atoms with van der Waals surface area (Å²) in [4.78, 5) is 47.8. The number of carboxylic acids is 1. The van der Waals surface area contributed by atoms with Gasteiger partial charge in [-0.3, -0.25) is 14.4 Å². The standard InChI is InChI=1S/C53H90N2O7/c1-3-5-7-9-11-13-15-17-19-20-21-22-24-26-28-30-32-37-41-45-52(59)62-48(42-38-34-31-29-27-25-23-18-16-14-12-10-8-6-4-2)43-39-35-33-36-40-44-50(57)54-46-51(58)55-49(47-56)53(60)61/h5,7,11,13,16-19,21-22,25,27,48-49,56H,3-4,6,8-10,12,14-15,20,23-24,26,28-47H2,1-2H3,(H,54,57)(H,55,58)(H,60,61)/b7-5-,13-11-,18-16-,19-17-,22-21-,27-25-. The van der Waals surface area contributed by atoms with E-state index in [2.05, 4.69) is 97.4 Å². The highest BCUT2D eigenvalue weighted by Gasteiger charge is 2.19. The predicted octanol–water partition coefficient (Wildman–Crippen LogP) is 13.0. The SMILES string of the molecule is CC/C=C\C/C=C\C/C=C\C/C=C\CCCCCCCCC(=O)OC(CCCCC/C=C\C/C=C\CCCCCCC)CCCCCCCC(=O)NCC(=O)NC(CO)C(=O)O. The molecule has 0 radical (unpaired) electrons. The summed E-state index contributed by atoms with van der Waals surface area (Å²) in [6.07, 6.45) is 59.3. The number of carboxylic acid groups (broad SMARTS) is 1. The first-order valence-electron chi connectivity index (χ1n) is 24.8. The maximum Gasteiger partial charge on any atom is 0.328 e. The normalized spacial score (nSPS) is 13.1. The second kappa shape index (κ2) is 46.8. The first-order valence-corrected chi connectivity index (χ1v) is 24.8. The van der Waals surface area contributed by atoms with E-state index >= 15 is 0 Å². The number of hydrogen-bond acceptors (Lipinski definition) is 6. The lowest BCUT2D eigenvalue weighted by molar-refractivity contribution is -0.150. The van der Waals surface area contributed by atoms with Gasteiger partial charge in [0.05, 0.1) is 13.2 Å². The Kier molecular flexibility index (Phi) is 44.0. The molecular weight excluding hydrogens is 777 g/mol. The lowest BCUT2D eigenvalue weighted by Gasteiger charge is -2.18. The fourth-order valence-electron chi connectivity index (χ4n) is 6.91. The Morgan fingerprint density at radius 3 is 1.40 bits per heavy atom. The van der Waals surface area contributed by atoms with E-state index in [4.69, 9.17) is 14.9 Å². The van der Waals surface area contributed by atoms with Crippen molar-refractivity contribution in [2.24, 2.45) is 0 Å². The third kappa shape index (κ3) is 42.9. The number of nitrogens with one attached hydrogen (secondary N) is 2. The van der Waals surface area contributed by atoms with Gasteiger partial charge in [0.25, 0.3) is 0 Å². The molecule has 2 atom stereocenters. The van der Waals surface area contributed by atoms with E-state index in [1.165, 1.54) is 57.8 Å². The largest absolute Gasteiger partial charge is 0.480 e. The molecule has 62 heavy (non-hydrogen) atoms. The fourth-order valence-corrected chi connectivity index (χ4v) is 6.91. The van der Waals surface area contributed by atoms with Crippen molar-refractivity contribution >= 4 is 23.8 Å². The Morgan fingerprint density at radius 1 is 0.500 bits per heavy atom. The lowest BCUT2D eigenvalue weighted by atomic mass is 10.0. The second-order valence-corrected chi connectivity index (χ2v) is 16.5. The molecule has 9 heteroatoms. The molecule has 0 saturated carbocycles. The fraction of sp³-hybridized carbons (Fsp3) is 0.698. The summed E-state index contributed by atoms with van der Waals surface area (Å²) in [5.41, 5.74) is 0. The van der Waals surface area contributed by atoms with Crippen LogP contribution in [0.15, 0.2) is 72.9 Å². The molecule has 0 aromatic heterocycles. The molecule has 0 aliphatic rings. The van der Waals surface area contributed by atoms with Crippen molar-refractivity contribution < 1.29 is 34.1 Å². The second-order valence-electron chi connectivity index (χ2n) is 16.5. The summed E-state index contributed by atoms with van der Waals surface area (Å²) in [5.74, 6) is -2.33. The number of amides is 2. The third-order valence-electron chi connectivity index (χ3n) is 10.7. The van der Waals surface area contributed by atoms with E-state index in [0.29, 0.717) is 12.8 Å². The van der Waals surface area contributed by atoms with Crippen LogP contribution in [0.25, 0.3) is 0 Å². The molecule has 0 saturated heterocycles. The van der Waals surface area contributed by atoms with E-state index in [-0.39, 0.29) is 30.9 Å². The topological polar surface area (TPSA) is 142 Å². The Morgan fingerprint density at radius 2 is 0.919 bits per heavy atom. The monoisotopic (exact) mass is 867 g/mol. The zero-order valence-corrected chi connectivity index (χ0v) is 39.4. The van der Waals surface area contributed by atoms with Gasteiger partial charge < -0.3 is 25.6 Å². The number of hydrogen-bond donors (Lipinski definition) is 4. The summed E-state index contributed by atoms with van der Waals surface area (Å²) in [7, 11) is 0. The van der Waals surface area contributed by atoms with Gasteiger partial charge in [0.2, 0.25) is 11.8 Å². The Bertz CT molecular complexity index is 1270. The minimum Gasteiger partial charge on any atom is -0.480 e. The number of carbonyl (C=O) groups is 4. The Labute approximate surface area is 378 Å². The predicted molar refractivity (Wildman–Crippen MR) is 259 cm³/mol. The van der Waals surface area contributed by atoms with Crippen LogP contribution in [-0.2, 0) is 23.9 Å². The zero-order chi connectivity index (χ0) is 45.4. The highest BCUT2D eigenvalue weighted by Crippen LogP contribution is 2.18. The van der Waals surface area contributed by atoms with Gasteiger partial charge in [0.1, 0.15) is 12.1 Å². The number of carbonyl (C=O) groups excluding carboxylic acids is 3. The van der Waals surface area contributed by atoms with Crippen molar-refractivity contribution in [3.05, 3.63) is 72.9 Å². The van der Waals surface area contributed by atoms with Crippen LogP contribution < -0.4 is 10.6 Å². The number of aliphatic hydroxyl groups excluding tert-OH is 1. The number of aliphatic carboxylic acids is 1. The van der Waals surface area contributed by atoms with Gasteiger partial charge in [-0.25, -0.2) is 4.79 Å². The molecule has 354 valence electrons. The number of rotatable bonds is 44. The highest BCUT2D eigenvalue weighted by atomic mass is 16.5. The average molecular weight is 867 g/mol. The van der Waals surface area contributed by atoms with Crippen LogP contribution in [0.3, 0.4) is 0 Å². The van der Waals surface area contributed by atoms with Gasteiger partial charge in [-0.2, -0.15) is 0 Å². The summed E-state index contributed by atoms with van der Waals surface area (Å²) in [6, 6.07) is -1.39. The minimum absolute atomic E-state index is 0.0491. The number of aliphatic hydroxyl groups is 1. The number of unbranched alkanes of at least 4 members (excludes halogenated alkanes) is 18. The summed E-state index contributed by atoms with van der Waals surface area (Å²) in [6.45, 7) is 3.36. The minimum atomic E-state index is -1.39. The Hall–Kier alpha value is -3.72. The number of esters is 1. The van der Waals surface area contributed by atoms with Crippen molar-refractivity contribution in [1.29, 1.82) is 0 Å². The lowest BCUT2D eigenvalue weighted by Crippen LogP contribution is -2.47. The molecule has 0 fully saturated rings. The molecule has 4 N–H and O–H groups in total. The molecular formula is C53H90N2O7. The van der Waals surface area contributed by atoms with Crippen LogP contribution in [0.5, 0.6) is 0 Å².